The molecule has 2 rings (SSSR count). The topological polar surface area (TPSA) is 64.3 Å². The van der Waals surface area contributed by atoms with Gasteiger partial charge >= 0.3 is 6.36 Å². The minimum atomic E-state index is -4.86. The van der Waals surface area contributed by atoms with E-state index < -0.39 is 18.0 Å². The van der Waals surface area contributed by atoms with E-state index in [0.717, 1.165) is 18.9 Å². The molecule has 1 aromatic rings. The first-order valence-corrected chi connectivity index (χ1v) is 6.21. The van der Waals surface area contributed by atoms with Gasteiger partial charge in [-0.25, -0.2) is 0 Å². The Kier molecular flexibility index (Phi) is 3.62. The zero-order valence-electron chi connectivity index (χ0n) is 9.55. The molecule has 0 aliphatic heterocycles. The summed E-state index contributed by atoms with van der Waals surface area (Å²) in [5.41, 5.74) is 5.17. The molecule has 0 spiro atoms. The fraction of sp³-hybridized carbons (Fsp3) is 0.364. The maximum absolute atomic E-state index is 12.2. The van der Waals surface area contributed by atoms with Crippen molar-refractivity contribution in [3.8, 4) is 5.75 Å². The molecular weight excluding hydrogens is 329 g/mol. The SMILES string of the molecule is Nc1c(OC(F)(F)F)cc(Br)cc1C(=O)NC1CC1. The Labute approximate surface area is 115 Å². The summed E-state index contributed by atoms with van der Waals surface area (Å²) in [4.78, 5) is 11.8. The van der Waals surface area contributed by atoms with Gasteiger partial charge in [0.25, 0.3) is 5.91 Å². The van der Waals surface area contributed by atoms with E-state index in [2.05, 4.69) is 26.0 Å². The van der Waals surface area contributed by atoms with Gasteiger partial charge < -0.3 is 15.8 Å². The van der Waals surface area contributed by atoms with Gasteiger partial charge in [-0.2, -0.15) is 0 Å². The highest BCUT2D eigenvalue weighted by Crippen LogP contribution is 2.34. The van der Waals surface area contributed by atoms with Crippen LogP contribution in [0.4, 0.5) is 18.9 Å². The molecule has 19 heavy (non-hydrogen) atoms. The predicted molar refractivity (Wildman–Crippen MR) is 65.7 cm³/mol. The highest BCUT2D eigenvalue weighted by Gasteiger charge is 2.33. The van der Waals surface area contributed by atoms with Crippen molar-refractivity contribution in [3.05, 3.63) is 22.2 Å². The second kappa shape index (κ2) is 4.92. The van der Waals surface area contributed by atoms with E-state index in [9.17, 15) is 18.0 Å². The normalized spacial score (nSPS) is 15.2. The number of hydrogen-bond acceptors (Lipinski definition) is 3. The quantitative estimate of drug-likeness (QED) is 0.833. The number of rotatable bonds is 3. The van der Waals surface area contributed by atoms with E-state index in [1.165, 1.54) is 6.07 Å². The summed E-state index contributed by atoms with van der Waals surface area (Å²) in [6.07, 6.45) is -3.13. The molecule has 8 heteroatoms. The second-order valence-corrected chi connectivity index (χ2v) is 5.08. The number of amides is 1. The number of halogens is 4. The van der Waals surface area contributed by atoms with Crippen LogP contribution >= 0.6 is 15.9 Å². The molecule has 1 aliphatic carbocycles. The zero-order chi connectivity index (χ0) is 14.2. The highest BCUT2D eigenvalue weighted by atomic mass is 79.9. The van der Waals surface area contributed by atoms with Crippen LogP contribution < -0.4 is 15.8 Å². The number of anilines is 1. The number of alkyl halides is 3. The van der Waals surface area contributed by atoms with Gasteiger partial charge in [0.2, 0.25) is 0 Å². The van der Waals surface area contributed by atoms with E-state index >= 15 is 0 Å². The monoisotopic (exact) mass is 338 g/mol. The van der Waals surface area contributed by atoms with Gasteiger partial charge in [-0.05, 0) is 25.0 Å². The predicted octanol–water partition coefficient (Wildman–Crippen LogP) is 2.82. The number of ether oxygens (including phenoxy) is 1. The molecule has 1 fully saturated rings. The summed E-state index contributed by atoms with van der Waals surface area (Å²) in [7, 11) is 0. The third-order valence-corrected chi connectivity index (χ3v) is 2.95. The molecule has 104 valence electrons. The third kappa shape index (κ3) is 3.76. The standard InChI is InChI=1S/C11H10BrF3N2O2/c12-5-3-7(10(18)17-6-1-2-6)9(16)8(4-5)19-11(13,14)15/h3-4,6H,1-2,16H2,(H,17,18). The number of nitrogen functional groups attached to an aromatic ring is 1. The lowest BCUT2D eigenvalue weighted by molar-refractivity contribution is -0.274. The molecule has 4 nitrogen and oxygen atoms in total. The van der Waals surface area contributed by atoms with Crippen LogP contribution in [-0.4, -0.2) is 18.3 Å². The van der Waals surface area contributed by atoms with E-state index in [1.807, 2.05) is 0 Å². The second-order valence-electron chi connectivity index (χ2n) is 4.16. The number of nitrogens with one attached hydrogen (secondary N) is 1. The van der Waals surface area contributed by atoms with Crippen LogP contribution in [-0.2, 0) is 0 Å². The van der Waals surface area contributed by atoms with Gasteiger partial charge in [0.15, 0.2) is 5.75 Å². The van der Waals surface area contributed by atoms with Gasteiger partial charge in [0.1, 0.15) is 0 Å². The van der Waals surface area contributed by atoms with E-state index in [-0.39, 0.29) is 21.8 Å². The summed E-state index contributed by atoms with van der Waals surface area (Å²) in [6.45, 7) is 0. The zero-order valence-corrected chi connectivity index (χ0v) is 11.1. The lowest BCUT2D eigenvalue weighted by atomic mass is 10.1. The van der Waals surface area contributed by atoms with E-state index in [1.54, 1.807) is 0 Å². The largest absolute Gasteiger partial charge is 0.573 e. The molecule has 0 atom stereocenters. The van der Waals surface area contributed by atoms with Crippen molar-refractivity contribution in [2.75, 3.05) is 5.73 Å². The van der Waals surface area contributed by atoms with Crippen molar-refractivity contribution in [1.29, 1.82) is 0 Å². The van der Waals surface area contributed by atoms with E-state index in [0.29, 0.717) is 0 Å². The Morgan fingerprint density at radius 1 is 1.42 bits per heavy atom. The highest BCUT2D eigenvalue weighted by molar-refractivity contribution is 9.10. The summed E-state index contributed by atoms with van der Waals surface area (Å²) < 4.78 is 40.7. The van der Waals surface area contributed by atoms with Crippen LogP contribution in [0.2, 0.25) is 0 Å². The Morgan fingerprint density at radius 2 is 2.05 bits per heavy atom. The van der Waals surface area contributed by atoms with Crippen molar-refractivity contribution in [3.63, 3.8) is 0 Å². The first-order valence-electron chi connectivity index (χ1n) is 5.42. The van der Waals surface area contributed by atoms with E-state index in [4.69, 9.17) is 5.73 Å². The van der Waals surface area contributed by atoms with Crippen molar-refractivity contribution < 1.29 is 22.7 Å². The minimum absolute atomic E-state index is 0.0412. The van der Waals surface area contributed by atoms with Crippen LogP contribution in [0.15, 0.2) is 16.6 Å². The van der Waals surface area contributed by atoms with Crippen LogP contribution in [0, 0.1) is 0 Å². The first-order chi connectivity index (χ1) is 8.76. The van der Waals surface area contributed by atoms with Gasteiger partial charge in [-0.1, -0.05) is 15.9 Å². The van der Waals surface area contributed by atoms with Gasteiger partial charge in [0, 0.05) is 10.5 Å². The maximum atomic E-state index is 12.2. The summed E-state index contributed by atoms with van der Waals surface area (Å²) >= 11 is 3.02. The molecule has 0 heterocycles. The van der Waals surface area contributed by atoms with Gasteiger partial charge in [-0.15, -0.1) is 13.2 Å². The molecule has 1 saturated carbocycles. The Morgan fingerprint density at radius 3 is 2.58 bits per heavy atom. The molecule has 1 aromatic carbocycles. The molecule has 0 saturated heterocycles. The number of carbonyl (C=O) groups is 1. The lowest BCUT2D eigenvalue weighted by Crippen LogP contribution is -2.27. The molecule has 1 amide bonds. The molecule has 0 unspecified atom stereocenters. The molecule has 1 aliphatic rings. The lowest BCUT2D eigenvalue weighted by Gasteiger charge is -2.14. The summed E-state index contributed by atoms with van der Waals surface area (Å²) in [5, 5.41) is 2.65. The third-order valence-electron chi connectivity index (χ3n) is 2.49. The Hall–Kier alpha value is -1.44. The average molecular weight is 339 g/mol. The van der Waals surface area contributed by atoms with Gasteiger partial charge in [0.05, 0.1) is 11.3 Å². The molecule has 0 radical (unpaired) electrons. The smallest absolute Gasteiger partial charge is 0.404 e. The maximum Gasteiger partial charge on any atom is 0.573 e. The first kappa shape index (κ1) is 14.0. The number of nitrogens with two attached hydrogens (primary N) is 1. The van der Waals surface area contributed by atoms with Crippen LogP contribution in [0.3, 0.4) is 0 Å². The number of benzene rings is 1. The van der Waals surface area contributed by atoms with Crippen molar-refractivity contribution >= 4 is 27.5 Å². The average Bonchev–Trinajstić information content (AvgIpc) is 3.04. The summed E-state index contributed by atoms with van der Waals surface area (Å²) in [6, 6.07) is 2.50. The fourth-order valence-electron chi connectivity index (χ4n) is 1.48. The summed E-state index contributed by atoms with van der Waals surface area (Å²) in [5.74, 6) is -1.10. The number of carbonyl (C=O) groups excluding carboxylic acids is 1. The van der Waals surface area contributed by atoms with Crippen LogP contribution in [0.1, 0.15) is 23.2 Å². The molecule has 3 N–H and O–H groups in total. The minimum Gasteiger partial charge on any atom is -0.404 e. The molecular formula is C11H10BrF3N2O2. The van der Waals surface area contributed by atoms with Crippen LogP contribution in [0.25, 0.3) is 0 Å². The van der Waals surface area contributed by atoms with Crippen molar-refractivity contribution in [2.45, 2.75) is 25.2 Å². The Bertz CT molecular complexity index is 515. The number of hydrogen-bond donors (Lipinski definition) is 2. The van der Waals surface area contributed by atoms with Gasteiger partial charge in [-0.3, -0.25) is 4.79 Å². The van der Waals surface area contributed by atoms with Crippen LogP contribution in [0.5, 0.6) is 5.75 Å². The Balaban J connectivity index is 2.29. The fourth-order valence-corrected chi connectivity index (χ4v) is 1.92. The molecule has 0 aromatic heterocycles. The van der Waals surface area contributed by atoms with Crippen molar-refractivity contribution in [1.82, 2.24) is 5.32 Å². The van der Waals surface area contributed by atoms with Crippen molar-refractivity contribution in [2.24, 2.45) is 0 Å². The molecule has 0 bridgehead atoms.